The molecule has 7 heteroatoms. The number of aryl methyl sites for hydroxylation is 1. The number of carbonyl (C=O) groups excluding carboxylic acids is 1. The van der Waals surface area contributed by atoms with Gasteiger partial charge in [-0.2, -0.15) is 0 Å². The molecular weight excluding hydrogens is 406 g/mol. The number of hydrogen-bond acceptors (Lipinski definition) is 6. The minimum absolute atomic E-state index is 0.0496. The zero-order valence-corrected chi connectivity index (χ0v) is 19.6. The molecule has 1 amide bonds. The molecule has 174 valence electrons. The molecule has 32 heavy (non-hydrogen) atoms. The normalized spacial score (nSPS) is 15.2. The second-order valence-electron chi connectivity index (χ2n) is 8.05. The largest absolute Gasteiger partial charge is 0.493 e. The SMILES string of the molecule is COc1cc(CCC(=O)NCC(C)N2CCN(c3ccccc3)CC2)cc(OC)c1OC. The van der Waals surface area contributed by atoms with E-state index in [-0.39, 0.29) is 5.91 Å². The van der Waals surface area contributed by atoms with Crippen LogP contribution in [-0.2, 0) is 11.2 Å². The molecule has 7 nitrogen and oxygen atoms in total. The van der Waals surface area contributed by atoms with Gasteiger partial charge in [-0.3, -0.25) is 9.69 Å². The molecule has 1 heterocycles. The van der Waals surface area contributed by atoms with Gasteiger partial charge in [0.2, 0.25) is 11.7 Å². The van der Waals surface area contributed by atoms with Crippen LogP contribution in [0.15, 0.2) is 42.5 Å². The molecule has 1 aliphatic heterocycles. The summed E-state index contributed by atoms with van der Waals surface area (Å²) in [5, 5.41) is 3.09. The van der Waals surface area contributed by atoms with Crippen LogP contribution in [0, 0.1) is 0 Å². The van der Waals surface area contributed by atoms with E-state index in [1.54, 1.807) is 21.3 Å². The Morgan fingerprint density at radius 2 is 1.59 bits per heavy atom. The molecule has 1 aliphatic rings. The van der Waals surface area contributed by atoms with Gasteiger partial charge in [0.15, 0.2) is 11.5 Å². The number of nitrogens with zero attached hydrogens (tertiary/aromatic N) is 2. The number of rotatable bonds is 10. The number of methoxy groups -OCH3 is 3. The van der Waals surface area contributed by atoms with Crippen LogP contribution >= 0.6 is 0 Å². The molecule has 0 spiro atoms. The number of carbonyl (C=O) groups is 1. The second-order valence-corrected chi connectivity index (χ2v) is 8.05. The number of hydrogen-bond donors (Lipinski definition) is 1. The second kappa shape index (κ2) is 11.6. The van der Waals surface area contributed by atoms with E-state index in [0.717, 1.165) is 31.7 Å². The summed E-state index contributed by atoms with van der Waals surface area (Å²) in [4.78, 5) is 17.3. The highest BCUT2D eigenvalue weighted by Gasteiger charge is 2.21. The van der Waals surface area contributed by atoms with Crippen molar-refractivity contribution in [2.75, 3.05) is 59.0 Å². The number of benzene rings is 2. The Morgan fingerprint density at radius 3 is 2.16 bits per heavy atom. The molecule has 2 aromatic rings. The van der Waals surface area contributed by atoms with E-state index in [4.69, 9.17) is 14.2 Å². The summed E-state index contributed by atoms with van der Waals surface area (Å²) in [6, 6.07) is 14.6. The molecule has 3 rings (SSSR count). The van der Waals surface area contributed by atoms with E-state index in [1.807, 2.05) is 18.2 Å². The third kappa shape index (κ3) is 6.07. The van der Waals surface area contributed by atoms with Gasteiger partial charge in [0, 0.05) is 50.9 Å². The summed E-state index contributed by atoms with van der Waals surface area (Å²) in [6.07, 6.45) is 1.01. The summed E-state index contributed by atoms with van der Waals surface area (Å²) in [5.74, 6) is 1.81. The van der Waals surface area contributed by atoms with Crippen molar-refractivity contribution < 1.29 is 19.0 Å². The smallest absolute Gasteiger partial charge is 0.220 e. The first kappa shape index (κ1) is 23.7. The summed E-state index contributed by atoms with van der Waals surface area (Å²) < 4.78 is 16.1. The van der Waals surface area contributed by atoms with Crippen LogP contribution in [-0.4, -0.2) is 70.9 Å². The minimum atomic E-state index is 0.0496. The van der Waals surface area contributed by atoms with E-state index in [9.17, 15) is 4.79 Å². The summed E-state index contributed by atoms with van der Waals surface area (Å²) in [6.45, 7) is 6.83. The van der Waals surface area contributed by atoms with Crippen molar-refractivity contribution in [3.63, 3.8) is 0 Å². The number of nitrogens with one attached hydrogen (secondary N) is 1. The van der Waals surface area contributed by atoms with Crippen LogP contribution in [0.2, 0.25) is 0 Å². The van der Waals surface area contributed by atoms with Crippen molar-refractivity contribution >= 4 is 11.6 Å². The fourth-order valence-electron chi connectivity index (χ4n) is 4.08. The molecule has 0 radical (unpaired) electrons. The Morgan fingerprint density at radius 1 is 0.969 bits per heavy atom. The summed E-state index contributed by atoms with van der Waals surface area (Å²) in [5.41, 5.74) is 2.25. The van der Waals surface area contributed by atoms with Crippen LogP contribution < -0.4 is 24.4 Å². The number of anilines is 1. The third-order valence-electron chi connectivity index (χ3n) is 6.02. The van der Waals surface area contributed by atoms with Crippen LogP contribution in [0.5, 0.6) is 17.2 Å². The van der Waals surface area contributed by atoms with Crippen LogP contribution in [0.3, 0.4) is 0 Å². The zero-order valence-electron chi connectivity index (χ0n) is 19.6. The van der Waals surface area contributed by atoms with Crippen molar-refractivity contribution in [2.45, 2.75) is 25.8 Å². The van der Waals surface area contributed by atoms with Crippen molar-refractivity contribution in [1.29, 1.82) is 0 Å². The quantitative estimate of drug-likeness (QED) is 0.612. The van der Waals surface area contributed by atoms with Crippen LogP contribution in [0.25, 0.3) is 0 Å². The van der Waals surface area contributed by atoms with Gasteiger partial charge in [-0.15, -0.1) is 0 Å². The molecule has 0 aliphatic carbocycles. The fraction of sp³-hybridized carbons (Fsp3) is 0.480. The molecule has 1 atom stereocenters. The van der Waals surface area contributed by atoms with Crippen molar-refractivity contribution in [2.24, 2.45) is 0 Å². The predicted molar refractivity (Wildman–Crippen MR) is 127 cm³/mol. The van der Waals surface area contributed by atoms with Crippen LogP contribution in [0.1, 0.15) is 18.9 Å². The van der Waals surface area contributed by atoms with Gasteiger partial charge >= 0.3 is 0 Å². The number of piperazine rings is 1. The maximum absolute atomic E-state index is 12.4. The average Bonchev–Trinajstić information content (AvgIpc) is 2.85. The molecule has 0 bridgehead atoms. The Kier molecular flexibility index (Phi) is 8.62. The first-order valence-electron chi connectivity index (χ1n) is 11.1. The van der Waals surface area contributed by atoms with E-state index < -0.39 is 0 Å². The van der Waals surface area contributed by atoms with E-state index in [0.29, 0.717) is 42.7 Å². The molecule has 1 N–H and O–H groups in total. The van der Waals surface area contributed by atoms with Gasteiger partial charge in [0.1, 0.15) is 0 Å². The topological polar surface area (TPSA) is 63.3 Å². The van der Waals surface area contributed by atoms with Crippen molar-refractivity contribution in [3.05, 3.63) is 48.0 Å². The van der Waals surface area contributed by atoms with Crippen LogP contribution in [0.4, 0.5) is 5.69 Å². The number of amides is 1. The van der Waals surface area contributed by atoms with Crippen molar-refractivity contribution in [3.8, 4) is 17.2 Å². The molecule has 2 aromatic carbocycles. The maximum Gasteiger partial charge on any atom is 0.220 e. The Labute approximate surface area is 191 Å². The van der Waals surface area contributed by atoms with Gasteiger partial charge in [0.25, 0.3) is 0 Å². The average molecular weight is 442 g/mol. The predicted octanol–water partition coefficient (Wildman–Crippen LogP) is 2.97. The van der Waals surface area contributed by atoms with Gasteiger partial charge in [-0.25, -0.2) is 0 Å². The lowest BCUT2D eigenvalue weighted by atomic mass is 10.1. The first-order chi connectivity index (χ1) is 15.5. The Bertz CT molecular complexity index is 842. The lowest BCUT2D eigenvalue weighted by molar-refractivity contribution is -0.121. The highest BCUT2D eigenvalue weighted by atomic mass is 16.5. The molecule has 0 aromatic heterocycles. The Hall–Kier alpha value is -2.93. The highest BCUT2D eigenvalue weighted by molar-refractivity contribution is 5.76. The van der Waals surface area contributed by atoms with E-state index in [2.05, 4.69) is 46.3 Å². The minimum Gasteiger partial charge on any atom is -0.493 e. The zero-order chi connectivity index (χ0) is 22.9. The van der Waals surface area contributed by atoms with Crippen molar-refractivity contribution in [1.82, 2.24) is 10.2 Å². The monoisotopic (exact) mass is 441 g/mol. The highest BCUT2D eigenvalue weighted by Crippen LogP contribution is 2.38. The first-order valence-corrected chi connectivity index (χ1v) is 11.1. The number of ether oxygens (including phenoxy) is 3. The molecule has 1 fully saturated rings. The third-order valence-corrected chi connectivity index (χ3v) is 6.02. The lowest BCUT2D eigenvalue weighted by Gasteiger charge is -2.39. The van der Waals surface area contributed by atoms with E-state index >= 15 is 0 Å². The summed E-state index contributed by atoms with van der Waals surface area (Å²) in [7, 11) is 4.76. The van der Waals surface area contributed by atoms with Gasteiger partial charge < -0.3 is 24.4 Å². The molecule has 1 saturated heterocycles. The van der Waals surface area contributed by atoms with Gasteiger partial charge in [-0.1, -0.05) is 18.2 Å². The van der Waals surface area contributed by atoms with Gasteiger partial charge in [0.05, 0.1) is 21.3 Å². The molecule has 0 saturated carbocycles. The summed E-state index contributed by atoms with van der Waals surface area (Å²) >= 11 is 0. The van der Waals surface area contributed by atoms with Gasteiger partial charge in [-0.05, 0) is 43.2 Å². The lowest BCUT2D eigenvalue weighted by Crippen LogP contribution is -2.52. The Balaban J connectivity index is 1.43. The molecular formula is C25H35N3O4. The molecule has 1 unspecified atom stereocenters. The fourth-order valence-corrected chi connectivity index (χ4v) is 4.08. The van der Waals surface area contributed by atoms with E-state index in [1.165, 1.54) is 5.69 Å². The maximum atomic E-state index is 12.4. The number of para-hydroxylation sites is 1. The standard InChI is InChI=1S/C25H35N3O4/c1-19(27-12-14-28(15-13-27)21-8-6-5-7-9-21)18-26-24(29)11-10-20-16-22(30-2)25(32-4)23(17-20)31-3/h5-9,16-17,19H,10-15,18H2,1-4H3,(H,26,29).